The molecule has 4 heteroatoms. The summed E-state index contributed by atoms with van der Waals surface area (Å²) in [5.74, 6) is 1.30. The number of alkyl halides is 2. The van der Waals surface area contributed by atoms with Gasteiger partial charge in [0, 0.05) is 12.1 Å². The molecule has 2 atom stereocenters. The standard InChI is InChI=1S/C10H17F2NO/c11-9(12)6-14-5-4-10(13)7-2-1-3-8(7)10/h7-9H,1-6,13H2. The summed E-state index contributed by atoms with van der Waals surface area (Å²) in [5.41, 5.74) is 6.08. The average molecular weight is 205 g/mol. The molecule has 2 aliphatic carbocycles. The third kappa shape index (κ3) is 1.77. The molecule has 2 nitrogen and oxygen atoms in total. The molecule has 0 spiro atoms. The van der Waals surface area contributed by atoms with Gasteiger partial charge >= 0.3 is 0 Å². The van der Waals surface area contributed by atoms with Crippen molar-refractivity contribution >= 4 is 0 Å². The summed E-state index contributed by atoms with van der Waals surface area (Å²) in [6, 6.07) is 0. The van der Waals surface area contributed by atoms with Crippen molar-refractivity contribution in [3.05, 3.63) is 0 Å². The molecule has 0 aromatic carbocycles. The van der Waals surface area contributed by atoms with Crippen LogP contribution in [0.1, 0.15) is 25.7 Å². The zero-order valence-corrected chi connectivity index (χ0v) is 8.22. The molecule has 2 rings (SSSR count). The maximum atomic E-state index is 11.7. The van der Waals surface area contributed by atoms with Gasteiger partial charge in [-0.25, -0.2) is 8.78 Å². The van der Waals surface area contributed by atoms with Crippen LogP contribution in [0.2, 0.25) is 0 Å². The second-order valence-corrected chi connectivity index (χ2v) is 4.47. The Morgan fingerprint density at radius 1 is 1.36 bits per heavy atom. The Labute approximate surface area is 82.8 Å². The minimum Gasteiger partial charge on any atom is -0.375 e. The summed E-state index contributed by atoms with van der Waals surface area (Å²) in [6.07, 6.45) is 2.11. The molecule has 0 radical (unpaired) electrons. The first-order valence-electron chi connectivity index (χ1n) is 5.29. The largest absolute Gasteiger partial charge is 0.375 e. The fraction of sp³-hybridized carbons (Fsp3) is 1.00. The van der Waals surface area contributed by atoms with Gasteiger partial charge in [-0.15, -0.1) is 0 Å². The summed E-state index contributed by atoms with van der Waals surface area (Å²) < 4.78 is 28.3. The maximum absolute atomic E-state index is 11.7. The van der Waals surface area contributed by atoms with Gasteiger partial charge in [-0.05, 0) is 31.1 Å². The minimum atomic E-state index is -2.36. The Hall–Kier alpha value is -0.220. The van der Waals surface area contributed by atoms with Crippen LogP contribution in [0, 0.1) is 11.8 Å². The zero-order valence-electron chi connectivity index (χ0n) is 8.22. The zero-order chi connectivity index (χ0) is 10.2. The van der Waals surface area contributed by atoms with Crippen LogP contribution in [0.3, 0.4) is 0 Å². The first-order valence-corrected chi connectivity index (χ1v) is 5.29. The van der Waals surface area contributed by atoms with Crippen LogP contribution in [-0.4, -0.2) is 25.2 Å². The highest BCUT2D eigenvalue weighted by molar-refractivity contribution is 5.18. The lowest BCUT2D eigenvalue weighted by Crippen LogP contribution is -2.30. The second-order valence-electron chi connectivity index (χ2n) is 4.47. The van der Waals surface area contributed by atoms with Crippen molar-refractivity contribution in [2.75, 3.05) is 13.2 Å². The Balaban J connectivity index is 1.63. The van der Waals surface area contributed by atoms with Crippen molar-refractivity contribution in [2.45, 2.75) is 37.6 Å². The van der Waals surface area contributed by atoms with Crippen LogP contribution in [-0.2, 0) is 4.74 Å². The van der Waals surface area contributed by atoms with Crippen LogP contribution in [0.15, 0.2) is 0 Å². The van der Waals surface area contributed by atoms with Crippen molar-refractivity contribution < 1.29 is 13.5 Å². The lowest BCUT2D eigenvalue weighted by Gasteiger charge is -2.14. The van der Waals surface area contributed by atoms with Gasteiger partial charge in [0.15, 0.2) is 0 Å². The van der Waals surface area contributed by atoms with E-state index in [0.29, 0.717) is 18.4 Å². The molecule has 0 aromatic rings. The van der Waals surface area contributed by atoms with E-state index in [1.165, 1.54) is 19.3 Å². The monoisotopic (exact) mass is 205 g/mol. The van der Waals surface area contributed by atoms with Gasteiger partial charge in [-0.1, -0.05) is 6.42 Å². The van der Waals surface area contributed by atoms with E-state index in [0.717, 1.165) is 6.42 Å². The van der Waals surface area contributed by atoms with Crippen molar-refractivity contribution in [2.24, 2.45) is 17.6 Å². The Morgan fingerprint density at radius 2 is 2.00 bits per heavy atom. The van der Waals surface area contributed by atoms with E-state index in [9.17, 15) is 8.78 Å². The number of rotatable bonds is 5. The molecule has 0 aliphatic heterocycles. The van der Waals surface area contributed by atoms with Crippen molar-refractivity contribution in [1.29, 1.82) is 0 Å². The van der Waals surface area contributed by atoms with Crippen molar-refractivity contribution in [1.82, 2.24) is 0 Å². The molecule has 2 saturated carbocycles. The summed E-state index contributed by atoms with van der Waals surface area (Å²) in [4.78, 5) is 0. The van der Waals surface area contributed by atoms with Crippen LogP contribution in [0.4, 0.5) is 8.78 Å². The average Bonchev–Trinajstić information content (AvgIpc) is 2.53. The van der Waals surface area contributed by atoms with Crippen LogP contribution in [0.25, 0.3) is 0 Å². The SMILES string of the molecule is NC1(CCOCC(F)F)C2CCCC21. The predicted molar refractivity (Wildman–Crippen MR) is 49.2 cm³/mol. The topological polar surface area (TPSA) is 35.2 Å². The van der Waals surface area contributed by atoms with Crippen molar-refractivity contribution in [3.63, 3.8) is 0 Å². The third-order valence-corrected chi connectivity index (χ3v) is 3.71. The number of fused-ring (bicyclic) bond motifs is 1. The highest BCUT2D eigenvalue weighted by Crippen LogP contribution is 2.60. The van der Waals surface area contributed by atoms with E-state index in [2.05, 4.69) is 0 Å². The molecular formula is C10H17F2NO. The molecule has 0 heterocycles. The normalized spacial score (nSPS) is 40.3. The molecule has 0 saturated heterocycles. The van der Waals surface area contributed by atoms with E-state index >= 15 is 0 Å². The smallest absolute Gasteiger partial charge is 0.261 e. The molecule has 0 amide bonds. The number of ether oxygens (including phenoxy) is 1. The number of halogens is 2. The molecule has 0 bridgehead atoms. The number of hydrogen-bond acceptors (Lipinski definition) is 2. The molecule has 2 N–H and O–H groups in total. The van der Waals surface area contributed by atoms with Gasteiger partial charge in [-0.3, -0.25) is 0 Å². The molecule has 14 heavy (non-hydrogen) atoms. The predicted octanol–water partition coefficient (Wildman–Crippen LogP) is 1.79. The molecule has 82 valence electrons. The van der Waals surface area contributed by atoms with Crippen molar-refractivity contribution in [3.8, 4) is 0 Å². The van der Waals surface area contributed by atoms with Gasteiger partial charge in [-0.2, -0.15) is 0 Å². The summed E-state index contributed by atoms with van der Waals surface area (Å²) in [5, 5.41) is 0. The summed E-state index contributed by atoms with van der Waals surface area (Å²) in [6.45, 7) is -0.0702. The van der Waals surface area contributed by atoms with Gasteiger partial charge in [0.25, 0.3) is 6.43 Å². The highest BCUT2D eigenvalue weighted by Gasteiger charge is 2.62. The maximum Gasteiger partial charge on any atom is 0.261 e. The van der Waals surface area contributed by atoms with Crippen LogP contribution in [0.5, 0.6) is 0 Å². The van der Waals surface area contributed by atoms with Crippen LogP contribution < -0.4 is 5.73 Å². The lowest BCUT2D eigenvalue weighted by molar-refractivity contribution is 0.0136. The van der Waals surface area contributed by atoms with E-state index in [4.69, 9.17) is 10.5 Å². The fourth-order valence-corrected chi connectivity index (χ4v) is 2.92. The van der Waals surface area contributed by atoms with Gasteiger partial charge in [0.1, 0.15) is 6.61 Å². The summed E-state index contributed by atoms with van der Waals surface area (Å²) in [7, 11) is 0. The Bertz CT molecular complexity index is 200. The summed E-state index contributed by atoms with van der Waals surface area (Å²) >= 11 is 0. The second kappa shape index (κ2) is 3.74. The number of nitrogens with two attached hydrogens (primary N) is 1. The first kappa shape index (κ1) is 10.3. The van der Waals surface area contributed by atoms with Gasteiger partial charge < -0.3 is 10.5 Å². The molecule has 0 aromatic heterocycles. The Morgan fingerprint density at radius 3 is 2.57 bits per heavy atom. The van der Waals surface area contributed by atoms with E-state index in [1.54, 1.807) is 0 Å². The van der Waals surface area contributed by atoms with E-state index in [-0.39, 0.29) is 5.54 Å². The molecular weight excluding hydrogens is 188 g/mol. The third-order valence-electron chi connectivity index (χ3n) is 3.71. The van der Waals surface area contributed by atoms with E-state index in [1.807, 2.05) is 0 Å². The molecule has 2 aliphatic rings. The van der Waals surface area contributed by atoms with Gasteiger partial charge in [0.2, 0.25) is 0 Å². The molecule has 2 fully saturated rings. The quantitative estimate of drug-likeness (QED) is 0.694. The minimum absolute atomic E-state index is 0.0691. The Kier molecular flexibility index (Phi) is 2.75. The molecule has 2 unspecified atom stereocenters. The fourth-order valence-electron chi connectivity index (χ4n) is 2.92. The van der Waals surface area contributed by atoms with Gasteiger partial charge in [0.05, 0.1) is 0 Å². The van der Waals surface area contributed by atoms with Crippen LogP contribution >= 0.6 is 0 Å². The first-order chi connectivity index (χ1) is 6.64. The lowest BCUT2D eigenvalue weighted by atomic mass is 10.0. The van der Waals surface area contributed by atoms with E-state index < -0.39 is 13.0 Å². The number of hydrogen-bond donors (Lipinski definition) is 1. The highest BCUT2D eigenvalue weighted by atomic mass is 19.3.